The zero-order valence-corrected chi connectivity index (χ0v) is 22.1. The summed E-state index contributed by atoms with van der Waals surface area (Å²) in [6.45, 7) is 4.75. The van der Waals surface area contributed by atoms with Gasteiger partial charge in [0.05, 0.1) is 18.3 Å². The summed E-state index contributed by atoms with van der Waals surface area (Å²) >= 11 is 0. The van der Waals surface area contributed by atoms with Crippen LogP contribution in [-0.2, 0) is 25.4 Å². The number of anilines is 2. The largest absolute Gasteiger partial charge is 0.462 e. The SMILES string of the molecule is C=CCCCCCOC1CCC(OC(=O)c2ccc(C=CC(=O)OCCc3ccc(N)cc3N)cc2)CC1. The Morgan fingerprint density at radius 1 is 0.921 bits per heavy atom. The maximum Gasteiger partial charge on any atom is 0.338 e. The number of nitrogens with two attached hydrogens (primary N) is 2. The second-order valence-electron chi connectivity index (χ2n) is 9.64. The molecule has 0 aliphatic heterocycles. The summed E-state index contributed by atoms with van der Waals surface area (Å²) in [6, 6.07) is 12.2. The highest BCUT2D eigenvalue weighted by Crippen LogP contribution is 2.25. The number of benzene rings is 2. The van der Waals surface area contributed by atoms with E-state index in [0.717, 1.165) is 56.3 Å². The van der Waals surface area contributed by atoms with Gasteiger partial charge in [0.2, 0.25) is 0 Å². The van der Waals surface area contributed by atoms with Crippen LogP contribution in [0.25, 0.3) is 6.08 Å². The third-order valence-electron chi connectivity index (χ3n) is 6.64. The lowest BCUT2D eigenvalue weighted by Crippen LogP contribution is -2.28. The molecule has 1 aliphatic rings. The minimum Gasteiger partial charge on any atom is -0.462 e. The van der Waals surface area contributed by atoms with E-state index in [1.54, 1.807) is 42.5 Å². The first kappa shape index (κ1) is 29.0. The molecule has 0 atom stereocenters. The Hall–Kier alpha value is -3.58. The Balaban J connectivity index is 1.33. The van der Waals surface area contributed by atoms with Gasteiger partial charge in [-0.25, -0.2) is 9.59 Å². The molecular formula is C31H40N2O5. The van der Waals surface area contributed by atoms with Crippen molar-refractivity contribution >= 4 is 29.4 Å². The van der Waals surface area contributed by atoms with Crippen molar-refractivity contribution in [3.05, 3.63) is 77.9 Å². The predicted octanol–water partition coefficient (Wildman–Crippen LogP) is 5.88. The highest BCUT2D eigenvalue weighted by molar-refractivity contribution is 5.90. The molecule has 2 aromatic rings. The van der Waals surface area contributed by atoms with Crippen LogP contribution in [0, 0.1) is 0 Å². The van der Waals surface area contributed by atoms with Gasteiger partial charge in [0.15, 0.2) is 0 Å². The predicted molar refractivity (Wildman–Crippen MR) is 151 cm³/mol. The van der Waals surface area contributed by atoms with Crippen molar-refractivity contribution in [3.8, 4) is 0 Å². The molecule has 0 bridgehead atoms. The number of hydrogen-bond acceptors (Lipinski definition) is 7. The Bertz CT molecular complexity index is 1070. The Labute approximate surface area is 225 Å². The monoisotopic (exact) mass is 520 g/mol. The molecule has 0 saturated heterocycles. The van der Waals surface area contributed by atoms with Crippen molar-refractivity contribution < 1.29 is 23.8 Å². The molecule has 7 nitrogen and oxygen atoms in total. The number of unbranched alkanes of at least 4 members (excludes halogenated alkanes) is 3. The maximum absolute atomic E-state index is 12.6. The van der Waals surface area contributed by atoms with Gasteiger partial charge in [-0.3, -0.25) is 0 Å². The van der Waals surface area contributed by atoms with E-state index in [1.165, 1.54) is 18.9 Å². The van der Waals surface area contributed by atoms with Crippen molar-refractivity contribution in [3.63, 3.8) is 0 Å². The third-order valence-corrected chi connectivity index (χ3v) is 6.64. The van der Waals surface area contributed by atoms with Crippen LogP contribution in [0.15, 0.2) is 61.2 Å². The molecule has 0 radical (unpaired) electrons. The average Bonchev–Trinajstić information content (AvgIpc) is 2.92. The normalized spacial score (nSPS) is 17.3. The number of carbonyl (C=O) groups is 2. The molecule has 2 aromatic carbocycles. The first-order chi connectivity index (χ1) is 18.4. The number of nitrogen functional groups attached to an aromatic ring is 2. The van der Waals surface area contributed by atoms with Crippen molar-refractivity contribution in [2.75, 3.05) is 24.7 Å². The summed E-state index contributed by atoms with van der Waals surface area (Å²) in [4.78, 5) is 24.6. The zero-order chi connectivity index (χ0) is 27.2. The molecule has 38 heavy (non-hydrogen) atoms. The van der Waals surface area contributed by atoms with Gasteiger partial charge >= 0.3 is 11.9 Å². The van der Waals surface area contributed by atoms with E-state index >= 15 is 0 Å². The van der Waals surface area contributed by atoms with Crippen LogP contribution in [0.3, 0.4) is 0 Å². The number of esters is 2. The van der Waals surface area contributed by atoms with E-state index in [0.29, 0.717) is 23.4 Å². The van der Waals surface area contributed by atoms with E-state index in [1.807, 2.05) is 12.1 Å². The van der Waals surface area contributed by atoms with E-state index in [-0.39, 0.29) is 24.8 Å². The second kappa shape index (κ2) is 15.6. The van der Waals surface area contributed by atoms with E-state index < -0.39 is 5.97 Å². The van der Waals surface area contributed by atoms with E-state index in [9.17, 15) is 9.59 Å². The van der Waals surface area contributed by atoms with Gasteiger partial charge in [-0.15, -0.1) is 6.58 Å². The Kier molecular flexibility index (Phi) is 11.9. The average molecular weight is 521 g/mol. The second-order valence-corrected chi connectivity index (χ2v) is 9.64. The van der Waals surface area contributed by atoms with Gasteiger partial charge in [-0.1, -0.05) is 30.7 Å². The van der Waals surface area contributed by atoms with Gasteiger partial charge in [0.25, 0.3) is 0 Å². The van der Waals surface area contributed by atoms with E-state index in [2.05, 4.69) is 6.58 Å². The summed E-state index contributed by atoms with van der Waals surface area (Å²) in [6.07, 6.45) is 13.6. The van der Waals surface area contributed by atoms with Gasteiger partial charge in [0, 0.05) is 30.5 Å². The fourth-order valence-corrected chi connectivity index (χ4v) is 4.40. The van der Waals surface area contributed by atoms with Crippen LogP contribution in [-0.4, -0.2) is 37.4 Å². The minimum atomic E-state index is -0.449. The Morgan fingerprint density at radius 2 is 1.66 bits per heavy atom. The molecule has 1 saturated carbocycles. The van der Waals surface area contributed by atoms with Crippen molar-refractivity contribution in [1.29, 1.82) is 0 Å². The summed E-state index contributed by atoms with van der Waals surface area (Å²) in [5, 5.41) is 0. The highest BCUT2D eigenvalue weighted by Gasteiger charge is 2.24. The molecule has 1 fully saturated rings. The maximum atomic E-state index is 12.6. The summed E-state index contributed by atoms with van der Waals surface area (Å²) in [5.74, 6) is -0.775. The summed E-state index contributed by atoms with van der Waals surface area (Å²) < 4.78 is 17.0. The van der Waals surface area contributed by atoms with Crippen LogP contribution in [0.1, 0.15) is 72.9 Å². The molecule has 0 unspecified atom stereocenters. The summed E-state index contributed by atoms with van der Waals surface area (Å²) in [7, 11) is 0. The first-order valence-corrected chi connectivity index (χ1v) is 13.5. The standard InChI is InChI=1S/C31H40N2O5/c1-2-3-4-5-6-20-36-27-14-16-28(17-15-27)38-31(35)25-10-7-23(8-11-25)9-18-30(34)37-21-19-24-12-13-26(32)22-29(24)33/h2,7-13,18,22,27-28H,1,3-6,14-17,19-21,32-33H2. The van der Waals surface area contributed by atoms with E-state index in [4.69, 9.17) is 25.7 Å². The molecule has 7 heteroatoms. The van der Waals surface area contributed by atoms with Crippen molar-refractivity contribution in [2.45, 2.75) is 70.0 Å². The third kappa shape index (κ3) is 10.1. The van der Waals surface area contributed by atoms with Gasteiger partial charge < -0.3 is 25.7 Å². The molecule has 0 heterocycles. The topological polar surface area (TPSA) is 114 Å². The van der Waals surface area contributed by atoms with Crippen LogP contribution < -0.4 is 11.5 Å². The van der Waals surface area contributed by atoms with Crippen LogP contribution in [0.2, 0.25) is 0 Å². The molecule has 0 spiro atoms. The van der Waals surface area contributed by atoms with Gasteiger partial charge in [-0.2, -0.15) is 0 Å². The number of allylic oxidation sites excluding steroid dienone is 1. The number of ether oxygens (including phenoxy) is 3. The number of hydrogen-bond donors (Lipinski definition) is 2. The zero-order valence-electron chi connectivity index (χ0n) is 22.1. The molecule has 3 rings (SSSR count). The molecule has 0 aromatic heterocycles. The number of carbonyl (C=O) groups excluding carboxylic acids is 2. The molecular weight excluding hydrogens is 480 g/mol. The lowest BCUT2D eigenvalue weighted by Gasteiger charge is -2.28. The number of rotatable bonds is 14. The van der Waals surface area contributed by atoms with Crippen molar-refractivity contribution in [2.24, 2.45) is 0 Å². The molecule has 0 amide bonds. The fourth-order valence-electron chi connectivity index (χ4n) is 4.40. The smallest absolute Gasteiger partial charge is 0.338 e. The molecule has 4 N–H and O–H groups in total. The van der Waals surface area contributed by atoms with Gasteiger partial charge in [0.1, 0.15) is 6.10 Å². The lowest BCUT2D eigenvalue weighted by molar-refractivity contribution is -0.137. The minimum absolute atomic E-state index is 0.0760. The van der Waals surface area contributed by atoms with Crippen LogP contribution >= 0.6 is 0 Å². The molecule has 204 valence electrons. The highest BCUT2D eigenvalue weighted by atomic mass is 16.5. The molecule has 1 aliphatic carbocycles. The van der Waals surface area contributed by atoms with Crippen LogP contribution in [0.4, 0.5) is 11.4 Å². The summed E-state index contributed by atoms with van der Waals surface area (Å²) in [5.41, 5.74) is 14.9. The fraction of sp³-hybridized carbons (Fsp3) is 0.419. The van der Waals surface area contributed by atoms with Gasteiger partial charge in [-0.05, 0) is 86.4 Å². The lowest BCUT2D eigenvalue weighted by atomic mass is 9.95. The van der Waals surface area contributed by atoms with Crippen LogP contribution in [0.5, 0.6) is 0 Å². The first-order valence-electron chi connectivity index (χ1n) is 13.5. The Morgan fingerprint density at radius 3 is 2.37 bits per heavy atom. The quantitative estimate of drug-likeness (QED) is 0.105. The van der Waals surface area contributed by atoms with Crippen molar-refractivity contribution in [1.82, 2.24) is 0 Å².